The average molecular weight is 270 g/mol. The molecule has 4 atom stereocenters. The van der Waals surface area contributed by atoms with Crippen molar-refractivity contribution in [3.05, 3.63) is 0 Å². The first-order valence-electron chi connectivity index (χ1n) is 8.06. The van der Waals surface area contributed by atoms with Crippen molar-refractivity contribution in [3.63, 3.8) is 0 Å². The second-order valence-electron chi connectivity index (χ2n) is 7.12. The topological polar surface area (TPSA) is 18.5 Å². The van der Waals surface area contributed by atoms with Gasteiger partial charge >= 0.3 is 0 Å². The second kappa shape index (κ2) is 7.64. The highest BCUT2D eigenvalue weighted by Gasteiger charge is 2.38. The summed E-state index contributed by atoms with van der Waals surface area (Å²) in [6.07, 6.45) is 6.58. The van der Waals surface area contributed by atoms with Crippen LogP contribution in [0.15, 0.2) is 0 Å². The maximum Gasteiger partial charge on any atom is 0.0708 e. The van der Waals surface area contributed by atoms with Crippen LogP contribution in [0.1, 0.15) is 66.7 Å². The third-order valence-corrected chi connectivity index (χ3v) is 4.84. The van der Waals surface area contributed by atoms with Gasteiger partial charge in [-0.25, -0.2) is 0 Å². The molecule has 0 aromatic heterocycles. The zero-order chi connectivity index (χ0) is 14.5. The Kier molecular flexibility index (Phi) is 6.82. The molecule has 0 radical (unpaired) electrons. The lowest BCUT2D eigenvalue weighted by atomic mass is 9.73. The molecule has 1 aliphatic carbocycles. The third kappa shape index (κ3) is 5.07. The van der Waals surface area contributed by atoms with Gasteiger partial charge in [-0.2, -0.15) is 0 Å². The van der Waals surface area contributed by atoms with Crippen molar-refractivity contribution < 1.29 is 9.47 Å². The molecular weight excluding hydrogens is 236 g/mol. The van der Waals surface area contributed by atoms with E-state index in [1.165, 1.54) is 25.7 Å². The lowest BCUT2D eigenvalue weighted by molar-refractivity contribution is -0.123. The summed E-state index contributed by atoms with van der Waals surface area (Å²) < 4.78 is 11.8. The van der Waals surface area contributed by atoms with Gasteiger partial charge in [-0.1, -0.05) is 40.5 Å². The van der Waals surface area contributed by atoms with Crippen molar-refractivity contribution in [2.45, 2.75) is 78.4 Å². The molecule has 1 aliphatic rings. The molecule has 4 unspecified atom stereocenters. The largest absolute Gasteiger partial charge is 0.382 e. The summed E-state index contributed by atoms with van der Waals surface area (Å²) >= 11 is 0. The first-order chi connectivity index (χ1) is 8.89. The number of hydrogen-bond acceptors (Lipinski definition) is 2. The molecular formula is C17H34O2. The number of methoxy groups -OCH3 is 1. The molecule has 2 nitrogen and oxygen atoms in total. The highest BCUT2D eigenvalue weighted by molar-refractivity contribution is 4.90. The van der Waals surface area contributed by atoms with E-state index in [2.05, 4.69) is 34.6 Å². The van der Waals surface area contributed by atoms with Crippen LogP contribution in [0.5, 0.6) is 0 Å². The molecule has 0 aromatic carbocycles. The summed E-state index contributed by atoms with van der Waals surface area (Å²) in [6, 6.07) is 0. The van der Waals surface area contributed by atoms with Gasteiger partial charge in [-0.05, 0) is 43.9 Å². The Balaban J connectivity index is 2.50. The quantitative estimate of drug-likeness (QED) is 0.669. The molecule has 0 amide bonds. The molecule has 0 saturated heterocycles. The molecule has 2 heteroatoms. The van der Waals surface area contributed by atoms with Crippen molar-refractivity contribution >= 4 is 0 Å². The molecule has 0 spiro atoms. The molecule has 0 aliphatic heterocycles. The Labute approximate surface area is 120 Å². The van der Waals surface area contributed by atoms with E-state index in [0.29, 0.717) is 17.9 Å². The summed E-state index contributed by atoms with van der Waals surface area (Å²) in [6.45, 7) is 12.3. The first-order valence-corrected chi connectivity index (χ1v) is 8.06. The van der Waals surface area contributed by atoms with Crippen molar-refractivity contribution in [1.82, 2.24) is 0 Å². The van der Waals surface area contributed by atoms with Gasteiger partial charge in [-0.3, -0.25) is 0 Å². The van der Waals surface area contributed by atoms with Gasteiger partial charge in [0.2, 0.25) is 0 Å². The lowest BCUT2D eigenvalue weighted by Gasteiger charge is -2.44. The average Bonchev–Trinajstić information content (AvgIpc) is 2.36. The minimum atomic E-state index is 0.127. The summed E-state index contributed by atoms with van der Waals surface area (Å²) in [5.74, 6) is 1.99. The molecule has 114 valence electrons. The molecule has 0 bridgehead atoms. The summed E-state index contributed by atoms with van der Waals surface area (Å²) in [5, 5.41) is 0. The van der Waals surface area contributed by atoms with Crippen LogP contribution in [0, 0.1) is 17.8 Å². The lowest BCUT2D eigenvalue weighted by Crippen LogP contribution is -2.43. The molecule has 1 fully saturated rings. The summed E-state index contributed by atoms with van der Waals surface area (Å²) in [4.78, 5) is 0. The normalized spacial score (nSPS) is 31.4. The van der Waals surface area contributed by atoms with Crippen LogP contribution >= 0.6 is 0 Å². The fourth-order valence-corrected chi connectivity index (χ4v) is 3.40. The van der Waals surface area contributed by atoms with Gasteiger partial charge in [0, 0.05) is 13.7 Å². The van der Waals surface area contributed by atoms with Crippen molar-refractivity contribution in [3.8, 4) is 0 Å². The highest BCUT2D eigenvalue weighted by Crippen LogP contribution is 2.40. The van der Waals surface area contributed by atoms with Crippen LogP contribution in [-0.2, 0) is 9.47 Å². The van der Waals surface area contributed by atoms with Gasteiger partial charge in [-0.15, -0.1) is 0 Å². The van der Waals surface area contributed by atoms with E-state index < -0.39 is 0 Å². The van der Waals surface area contributed by atoms with Crippen LogP contribution in [0.3, 0.4) is 0 Å². The Hall–Kier alpha value is -0.0800. The van der Waals surface area contributed by atoms with E-state index in [1.807, 2.05) is 0 Å². The zero-order valence-corrected chi connectivity index (χ0v) is 13.9. The minimum Gasteiger partial charge on any atom is -0.382 e. The van der Waals surface area contributed by atoms with Gasteiger partial charge in [0.05, 0.1) is 11.7 Å². The zero-order valence-electron chi connectivity index (χ0n) is 13.9. The van der Waals surface area contributed by atoms with E-state index in [0.717, 1.165) is 18.9 Å². The fraction of sp³-hybridized carbons (Fsp3) is 1.00. The van der Waals surface area contributed by atoms with E-state index in [-0.39, 0.29) is 5.60 Å². The molecule has 1 rings (SSSR count). The van der Waals surface area contributed by atoms with E-state index in [4.69, 9.17) is 9.47 Å². The monoisotopic (exact) mass is 270 g/mol. The second-order valence-corrected chi connectivity index (χ2v) is 7.12. The third-order valence-electron chi connectivity index (χ3n) is 4.84. The maximum atomic E-state index is 6.45. The van der Waals surface area contributed by atoms with Crippen LogP contribution in [-0.4, -0.2) is 25.4 Å². The van der Waals surface area contributed by atoms with Gasteiger partial charge in [0.1, 0.15) is 0 Å². The number of rotatable bonds is 7. The SMILES string of the molecule is COC(C)CC(C)COC1(C(C)C)CCCC(C)C1. The molecule has 0 aromatic rings. The van der Waals surface area contributed by atoms with Gasteiger partial charge in [0.25, 0.3) is 0 Å². The van der Waals surface area contributed by atoms with Gasteiger partial charge in [0.15, 0.2) is 0 Å². The number of ether oxygens (including phenoxy) is 2. The van der Waals surface area contributed by atoms with E-state index >= 15 is 0 Å². The highest BCUT2D eigenvalue weighted by atomic mass is 16.5. The Morgan fingerprint density at radius 3 is 2.42 bits per heavy atom. The van der Waals surface area contributed by atoms with Crippen molar-refractivity contribution in [2.75, 3.05) is 13.7 Å². The van der Waals surface area contributed by atoms with Crippen LogP contribution < -0.4 is 0 Å². The molecule has 0 heterocycles. The Morgan fingerprint density at radius 2 is 1.89 bits per heavy atom. The van der Waals surface area contributed by atoms with Crippen LogP contribution in [0.25, 0.3) is 0 Å². The van der Waals surface area contributed by atoms with Gasteiger partial charge < -0.3 is 9.47 Å². The maximum absolute atomic E-state index is 6.45. The Bertz CT molecular complexity index is 252. The first kappa shape index (κ1) is 17.0. The van der Waals surface area contributed by atoms with Crippen LogP contribution in [0.2, 0.25) is 0 Å². The molecule has 19 heavy (non-hydrogen) atoms. The smallest absolute Gasteiger partial charge is 0.0708 e. The predicted octanol–water partition coefficient (Wildman–Crippen LogP) is 4.67. The summed E-state index contributed by atoms with van der Waals surface area (Å²) in [5.41, 5.74) is 0.127. The minimum absolute atomic E-state index is 0.127. The predicted molar refractivity (Wildman–Crippen MR) is 81.4 cm³/mol. The van der Waals surface area contributed by atoms with Crippen LogP contribution in [0.4, 0.5) is 0 Å². The van der Waals surface area contributed by atoms with Crippen molar-refractivity contribution in [2.24, 2.45) is 17.8 Å². The van der Waals surface area contributed by atoms with E-state index in [9.17, 15) is 0 Å². The standard InChI is InChI=1S/C17H34O2/c1-13(2)17(9-7-8-14(3)11-17)19-12-15(4)10-16(5)18-6/h13-16H,7-12H2,1-6H3. The van der Waals surface area contributed by atoms with Crippen molar-refractivity contribution in [1.29, 1.82) is 0 Å². The molecule has 1 saturated carbocycles. The summed E-state index contributed by atoms with van der Waals surface area (Å²) in [7, 11) is 1.79. The fourth-order valence-electron chi connectivity index (χ4n) is 3.40. The number of hydrogen-bond donors (Lipinski definition) is 0. The van der Waals surface area contributed by atoms with E-state index in [1.54, 1.807) is 7.11 Å². The molecule has 0 N–H and O–H groups in total. The Morgan fingerprint density at radius 1 is 1.21 bits per heavy atom.